The third kappa shape index (κ3) is 1.32. The molecule has 0 N–H and O–H groups in total. The number of benzene rings is 1. The molecule has 96 valence electrons. The summed E-state index contributed by atoms with van der Waals surface area (Å²) in [5.74, 6) is 2.05. The maximum atomic E-state index is 12.3. The highest BCUT2D eigenvalue weighted by Gasteiger charge is 2.59. The molecule has 1 fully saturated rings. The molecule has 2 aliphatic carbocycles. The molecule has 0 heterocycles. The third-order valence-corrected chi connectivity index (χ3v) is 5.14. The Labute approximate surface area is 108 Å². The molecule has 3 rings (SSSR count). The molecule has 2 aliphatic rings. The van der Waals surface area contributed by atoms with Crippen LogP contribution in [0.1, 0.15) is 43.7 Å². The van der Waals surface area contributed by atoms with Gasteiger partial charge in [0.1, 0.15) is 11.5 Å². The largest absolute Gasteiger partial charge is 0.497 e. The summed E-state index contributed by atoms with van der Waals surface area (Å²) < 4.78 is 5.33. The highest BCUT2D eigenvalue weighted by molar-refractivity contribution is 5.96. The van der Waals surface area contributed by atoms with E-state index in [1.54, 1.807) is 7.11 Å². The number of methoxy groups -OCH3 is 1. The zero-order valence-electron chi connectivity index (χ0n) is 11.3. The Morgan fingerprint density at radius 3 is 2.89 bits per heavy atom. The SMILES string of the molecule is CCC1(C)C(=O)C2CCc3ccc(OC)cc3C21. The second kappa shape index (κ2) is 3.84. The van der Waals surface area contributed by atoms with Crippen molar-refractivity contribution in [3.63, 3.8) is 0 Å². The van der Waals surface area contributed by atoms with E-state index in [0.717, 1.165) is 25.0 Å². The molecule has 3 atom stereocenters. The van der Waals surface area contributed by atoms with Crippen molar-refractivity contribution in [1.29, 1.82) is 0 Å². The van der Waals surface area contributed by atoms with Crippen LogP contribution in [-0.4, -0.2) is 12.9 Å². The predicted octanol–water partition coefficient (Wildman–Crippen LogP) is 3.34. The van der Waals surface area contributed by atoms with Gasteiger partial charge in [0.25, 0.3) is 0 Å². The van der Waals surface area contributed by atoms with E-state index in [4.69, 9.17) is 4.74 Å². The first-order valence-corrected chi connectivity index (χ1v) is 6.83. The molecule has 0 saturated heterocycles. The van der Waals surface area contributed by atoms with Gasteiger partial charge in [-0.25, -0.2) is 0 Å². The van der Waals surface area contributed by atoms with E-state index in [1.165, 1.54) is 11.1 Å². The molecular formula is C16H20O2. The Hall–Kier alpha value is -1.31. The molecule has 0 amide bonds. The van der Waals surface area contributed by atoms with Crippen molar-refractivity contribution in [3.8, 4) is 5.75 Å². The van der Waals surface area contributed by atoms with Crippen molar-refractivity contribution >= 4 is 5.78 Å². The molecule has 2 nitrogen and oxygen atoms in total. The smallest absolute Gasteiger partial charge is 0.143 e. The van der Waals surface area contributed by atoms with Gasteiger partial charge in [0.15, 0.2) is 0 Å². The molecule has 1 saturated carbocycles. The van der Waals surface area contributed by atoms with Gasteiger partial charge in [0.05, 0.1) is 7.11 Å². The summed E-state index contributed by atoms with van der Waals surface area (Å²) in [4.78, 5) is 12.3. The van der Waals surface area contributed by atoms with Crippen molar-refractivity contribution < 1.29 is 9.53 Å². The second-order valence-corrected chi connectivity index (χ2v) is 5.82. The van der Waals surface area contributed by atoms with Crippen LogP contribution in [0.2, 0.25) is 0 Å². The fourth-order valence-electron chi connectivity index (χ4n) is 3.86. The van der Waals surface area contributed by atoms with E-state index in [9.17, 15) is 4.79 Å². The average molecular weight is 244 g/mol. The Morgan fingerprint density at radius 2 is 2.22 bits per heavy atom. The van der Waals surface area contributed by atoms with Crippen LogP contribution in [-0.2, 0) is 11.2 Å². The van der Waals surface area contributed by atoms with Crippen molar-refractivity contribution in [2.75, 3.05) is 7.11 Å². The summed E-state index contributed by atoms with van der Waals surface area (Å²) in [6, 6.07) is 6.35. The van der Waals surface area contributed by atoms with Gasteiger partial charge in [0, 0.05) is 17.3 Å². The highest BCUT2D eigenvalue weighted by atomic mass is 16.5. The van der Waals surface area contributed by atoms with E-state index in [2.05, 4.69) is 26.0 Å². The number of Topliss-reactive ketones (excluding diaryl/α,β-unsaturated/α-hetero) is 1. The second-order valence-electron chi connectivity index (χ2n) is 5.82. The number of carbonyl (C=O) groups is 1. The molecule has 18 heavy (non-hydrogen) atoms. The number of carbonyl (C=O) groups excluding carboxylic acids is 1. The maximum absolute atomic E-state index is 12.3. The van der Waals surface area contributed by atoms with Crippen molar-refractivity contribution in [1.82, 2.24) is 0 Å². The lowest BCUT2D eigenvalue weighted by atomic mass is 9.47. The minimum Gasteiger partial charge on any atom is -0.497 e. The van der Waals surface area contributed by atoms with Crippen LogP contribution in [0.25, 0.3) is 0 Å². The normalized spacial score (nSPS) is 33.4. The quantitative estimate of drug-likeness (QED) is 0.797. The Morgan fingerprint density at radius 1 is 1.44 bits per heavy atom. The van der Waals surface area contributed by atoms with Crippen molar-refractivity contribution in [3.05, 3.63) is 29.3 Å². The number of rotatable bonds is 2. The number of fused-ring (bicyclic) bond motifs is 3. The first-order valence-electron chi connectivity index (χ1n) is 6.83. The molecule has 2 heteroatoms. The van der Waals surface area contributed by atoms with Crippen molar-refractivity contribution in [2.45, 2.75) is 39.0 Å². The standard InChI is InChI=1S/C16H20O2/c1-4-16(2)14-12(15(16)17)8-6-10-5-7-11(18-3)9-13(10)14/h5,7,9,12,14H,4,6,8H2,1-3H3. The first kappa shape index (κ1) is 11.8. The fourth-order valence-corrected chi connectivity index (χ4v) is 3.86. The van der Waals surface area contributed by atoms with Gasteiger partial charge in [-0.15, -0.1) is 0 Å². The Kier molecular flexibility index (Phi) is 2.51. The van der Waals surface area contributed by atoms with Crippen molar-refractivity contribution in [2.24, 2.45) is 11.3 Å². The predicted molar refractivity (Wildman–Crippen MR) is 71.0 cm³/mol. The molecule has 0 bridgehead atoms. The van der Waals surface area contributed by atoms with Gasteiger partial charge in [-0.3, -0.25) is 4.79 Å². The van der Waals surface area contributed by atoms with E-state index in [1.807, 2.05) is 6.07 Å². The maximum Gasteiger partial charge on any atom is 0.143 e. The van der Waals surface area contributed by atoms with Crippen LogP contribution in [0, 0.1) is 11.3 Å². The third-order valence-electron chi connectivity index (χ3n) is 5.14. The van der Waals surface area contributed by atoms with E-state index in [-0.39, 0.29) is 11.3 Å². The summed E-state index contributed by atoms with van der Waals surface area (Å²) in [5, 5.41) is 0. The minimum atomic E-state index is -0.147. The van der Waals surface area contributed by atoms with E-state index >= 15 is 0 Å². The summed E-state index contributed by atoms with van der Waals surface area (Å²) in [5.41, 5.74) is 2.62. The average Bonchev–Trinajstić information content (AvgIpc) is 2.43. The lowest BCUT2D eigenvalue weighted by Gasteiger charge is -2.54. The molecule has 3 unspecified atom stereocenters. The van der Waals surface area contributed by atoms with E-state index in [0.29, 0.717) is 11.7 Å². The van der Waals surface area contributed by atoms with Crippen LogP contribution in [0.15, 0.2) is 18.2 Å². The Balaban J connectivity index is 2.08. The molecule has 0 aromatic heterocycles. The number of ketones is 1. The van der Waals surface area contributed by atoms with Gasteiger partial charge in [-0.1, -0.05) is 19.9 Å². The molecule has 0 spiro atoms. The summed E-state index contributed by atoms with van der Waals surface area (Å²) in [7, 11) is 1.70. The molecule has 1 aromatic rings. The summed E-state index contributed by atoms with van der Waals surface area (Å²) >= 11 is 0. The summed E-state index contributed by atoms with van der Waals surface area (Å²) in [6.45, 7) is 4.26. The van der Waals surface area contributed by atoms with Gasteiger partial charge >= 0.3 is 0 Å². The first-order chi connectivity index (χ1) is 8.61. The van der Waals surface area contributed by atoms with Crippen LogP contribution < -0.4 is 4.74 Å². The molecule has 0 aliphatic heterocycles. The Bertz CT molecular complexity index is 506. The van der Waals surface area contributed by atoms with E-state index < -0.39 is 0 Å². The minimum absolute atomic E-state index is 0.147. The number of hydrogen-bond acceptors (Lipinski definition) is 2. The van der Waals surface area contributed by atoms with Crippen LogP contribution >= 0.6 is 0 Å². The van der Waals surface area contributed by atoms with Gasteiger partial charge < -0.3 is 4.74 Å². The lowest BCUT2D eigenvalue weighted by Crippen LogP contribution is -2.55. The zero-order valence-corrected chi connectivity index (χ0v) is 11.3. The molecule has 0 radical (unpaired) electrons. The lowest BCUT2D eigenvalue weighted by molar-refractivity contribution is -0.150. The van der Waals surface area contributed by atoms with Gasteiger partial charge in [-0.05, 0) is 42.5 Å². The highest BCUT2D eigenvalue weighted by Crippen LogP contribution is 2.60. The van der Waals surface area contributed by atoms with Crippen LogP contribution in [0.5, 0.6) is 5.75 Å². The number of ether oxygens (including phenoxy) is 1. The van der Waals surface area contributed by atoms with Crippen LogP contribution in [0.4, 0.5) is 0 Å². The van der Waals surface area contributed by atoms with Gasteiger partial charge in [0.2, 0.25) is 0 Å². The fraction of sp³-hybridized carbons (Fsp3) is 0.562. The number of aryl methyl sites for hydroxylation is 1. The topological polar surface area (TPSA) is 26.3 Å². The summed E-state index contributed by atoms with van der Waals surface area (Å²) in [6.07, 6.45) is 2.99. The monoisotopic (exact) mass is 244 g/mol. The number of hydrogen-bond donors (Lipinski definition) is 0. The zero-order chi connectivity index (χ0) is 12.9. The molecule has 1 aromatic carbocycles. The van der Waals surface area contributed by atoms with Crippen LogP contribution in [0.3, 0.4) is 0 Å². The van der Waals surface area contributed by atoms with Gasteiger partial charge in [-0.2, -0.15) is 0 Å². The molecular weight excluding hydrogens is 224 g/mol.